The molecular weight excluding hydrogens is 316 g/mol. The second kappa shape index (κ2) is 7.00. The van der Waals surface area contributed by atoms with Gasteiger partial charge in [0.15, 0.2) is 11.6 Å². The summed E-state index contributed by atoms with van der Waals surface area (Å²) in [6.45, 7) is 2.01. The zero-order chi connectivity index (χ0) is 17.8. The Labute approximate surface area is 145 Å². The van der Waals surface area contributed by atoms with Crippen LogP contribution in [0.5, 0.6) is 0 Å². The summed E-state index contributed by atoms with van der Waals surface area (Å²) in [5.74, 6) is -0.225. The third kappa shape index (κ3) is 3.74. The van der Waals surface area contributed by atoms with Gasteiger partial charge in [-0.05, 0) is 24.6 Å². The van der Waals surface area contributed by atoms with Crippen LogP contribution >= 0.6 is 0 Å². The lowest BCUT2D eigenvalue weighted by Crippen LogP contribution is -2.11. The average molecular weight is 334 g/mol. The number of rotatable bonds is 5. The van der Waals surface area contributed by atoms with Crippen LogP contribution < -0.4 is 11.1 Å². The van der Waals surface area contributed by atoms with Crippen LogP contribution in [-0.4, -0.2) is 21.0 Å². The van der Waals surface area contributed by atoms with Crippen molar-refractivity contribution >= 4 is 17.6 Å². The van der Waals surface area contributed by atoms with Crippen molar-refractivity contribution in [2.45, 2.75) is 13.0 Å². The van der Waals surface area contributed by atoms with E-state index >= 15 is 0 Å². The standard InChI is InChI=1S/C19H18N4O2/c1-12(13-6-3-2-4-7-13)22-18-17(20)21-11-16(23-18)14-8-5-9-15(10-14)19(24)25/h2-12H,1H3,(H2,20,21)(H,22,23)(H,24,25)/t12-/m0/s1. The molecule has 2 aromatic carbocycles. The number of benzene rings is 2. The number of carbonyl (C=O) groups is 1. The molecule has 0 saturated heterocycles. The summed E-state index contributed by atoms with van der Waals surface area (Å²) < 4.78 is 0. The Bertz CT molecular complexity index is 897. The Balaban J connectivity index is 1.91. The highest BCUT2D eigenvalue weighted by Gasteiger charge is 2.12. The fourth-order valence-corrected chi connectivity index (χ4v) is 2.49. The number of nitrogens with one attached hydrogen (secondary N) is 1. The molecule has 0 saturated carbocycles. The smallest absolute Gasteiger partial charge is 0.335 e. The number of carboxylic acid groups (broad SMARTS) is 1. The van der Waals surface area contributed by atoms with E-state index in [4.69, 9.17) is 10.8 Å². The molecule has 0 radical (unpaired) electrons. The summed E-state index contributed by atoms with van der Waals surface area (Å²) in [6, 6.07) is 16.5. The Morgan fingerprint density at radius 3 is 2.64 bits per heavy atom. The maximum Gasteiger partial charge on any atom is 0.335 e. The van der Waals surface area contributed by atoms with Crippen LogP contribution in [0.15, 0.2) is 60.8 Å². The van der Waals surface area contributed by atoms with Gasteiger partial charge in [-0.25, -0.2) is 14.8 Å². The monoisotopic (exact) mass is 334 g/mol. The van der Waals surface area contributed by atoms with Crippen molar-refractivity contribution in [3.05, 3.63) is 71.9 Å². The van der Waals surface area contributed by atoms with Gasteiger partial charge >= 0.3 is 5.97 Å². The SMILES string of the molecule is C[C@H](Nc1nc(-c2cccc(C(=O)O)c2)cnc1N)c1ccccc1. The molecule has 3 rings (SSSR count). The van der Waals surface area contributed by atoms with E-state index in [1.807, 2.05) is 37.3 Å². The lowest BCUT2D eigenvalue weighted by Gasteiger charge is -2.16. The third-order valence-corrected chi connectivity index (χ3v) is 3.86. The zero-order valence-corrected chi connectivity index (χ0v) is 13.7. The highest BCUT2D eigenvalue weighted by molar-refractivity contribution is 5.89. The third-order valence-electron chi connectivity index (χ3n) is 3.86. The highest BCUT2D eigenvalue weighted by atomic mass is 16.4. The predicted molar refractivity (Wildman–Crippen MR) is 97.3 cm³/mol. The van der Waals surface area contributed by atoms with Gasteiger partial charge in [-0.1, -0.05) is 42.5 Å². The van der Waals surface area contributed by atoms with Crippen LogP contribution in [0, 0.1) is 0 Å². The number of nitrogen functional groups attached to an aromatic ring is 1. The van der Waals surface area contributed by atoms with Crippen LogP contribution in [0.3, 0.4) is 0 Å². The van der Waals surface area contributed by atoms with Gasteiger partial charge in [-0.15, -0.1) is 0 Å². The average Bonchev–Trinajstić information content (AvgIpc) is 2.64. The molecule has 126 valence electrons. The molecule has 25 heavy (non-hydrogen) atoms. The molecule has 0 unspecified atom stereocenters. The first kappa shape index (κ1) is 16.4. The summed E-state index contributed by atoms with van der Waals surface area (Å²) >= 11 is 0. The quantitative estimate of drug-likeness (QED) is 0.659. The number of carboxylic acids is 1. The molecular formula is C19H18N4O2. The van der Waals surface area contributed by atoms with E-state index in [1.54, 1.807) is 18.2 Å². The molecule has 1 aromatic heterocycles. The van der Waals surface area contributed by atoms with Crippen molar-refractivity contribution < 1.29 is 9.90 Å². The fraction of sp³-hybridized carbons (Fsp3) is 0.105. The van der Waals surface area contributed by atoms with Gasteiger partial charge in [0, 0.05) is 5.56 Å². The first-order valence-corrected chi connectivity index (χ1v) is 7.82. The van der Waals surface area contributed by atoms with Crippen molar-refractivity contribution in [2.75, 3.05) is 11.1 Å². The van der Waals surface area contributed by atoms with E-state index in [1.165, 1.54) is 12.3 Å². The van der Waals surface area contributed by atoms with Gasteiger partial charge in [-0.3, -0.25) is 0 Å². The molecule has 0 aliphatic carbocycles. The van der Waals surface area contributed by atoms with Crippen molar-refractivity contribution in [1.82, 2.24) is 9.97 Å². The molecule has 1 atom stereocenters. The van der Waals surface area contributed by atoms with Crippen LogP contribution in [-0.2, 0) is 0 Å². The van der Waals surface area contributed by atoms with Gasteiger partial charge in [0.05, 0.1) is 23.5 Å². The molecule has 4 N–H and O–H groups in total. The first-order valence-electron chi connectivity index (χ1n) is 7.82. The molecule has 6 nitrogen and oxygen atoms in total. The first-order chi connectivity index (χ1) is 12.0. The largest absolute Gasteiger partial charge is 0.478 e. The van der Waals surface area contributed by atoms with E-state index in [0.29, 0.717) is 22.9 Å². The summed E-state index contributed by atoms with van der Waals surface area (Å²) in [4.78, 5) is 19.8. The lowest BCUT2D eigenvalue weighted by molar-refractivity contribution is 0.0697. The normalized spacial score (nSPS) is 11.7. The maximum absolute atomic E-state index is 11.1. The molecule has 3 aromatic rings. The van der Waals surface area contributed by atoms with Crippen molar-refractivity contribution in [1.29, 1.82) is 0 Å². The lowest BCUT2D eigenvalue weighted by atomic mass is 10.1. The van der Waals surface area contributed by atoms with Gasteiger partial charge in [-0.2, -0.15) is 0 Å². The Hall–Kier alpha value is -3.41. The minimum Gasteiger partial charge on any atom is -0.478 e. The number of hydrogen-bond acceptors (Lipinski definition) is 5. The zero-order valence-electron chi connectivity index (χ0n) is 13.7. The molecule has 0 bridgehead atoms. The molecule has 0 aliphatic rings. The number of aromatic carboxylic acids is 1. The van der Waals surface area contributed by atoms with Crippen LogP contribution in [0.2, 0.25) is 0 Å². The molecule has 0 spiro atoms. The van der Waals surface area contributed by atoms with Crippen molar-refractivity contribution in [3.63, 3.8) is 0 Å². The van der Waals surface area contributed by atoms with Crippen LogP contribution in [0.25, 0.3) is 11.3 Å². The second-order valence-electron chi connectivity index (χ2n) is 5.65. The highest BCUT2D eigenvalue weighted by Crippen LogP contribution is 2.25. The van der Waals surface area contributed by atoms with E-state index in [2.05, 4.69) is 15.3 Å². The van der Waals surface area contributed by atoms with Gasteiger partial charge in [0.1, 0.15) is 0 Å². The Kier molecular flexibility index (Phi) is 4.61. The molecule has 0 aliphatic heterocycles. The number of aromatic nitrogens is 2. The number of nitrogens with two attached hydrogens (primary N) is 1. The Morgan fingerprint density at radius 2 is 1.92 bits per heavy atom. The van der Waals surface area contributed by atoms with E-state index in [-0.39, 0.29) is 11.6 Å². The maximum atomic E-state index is 11.1. The summed E-state index contributed by atoms with van der Waals surface area (Å²) in [5, 5.41) is 12.4. The van der Waals surface area contributed by atoms with Gasteiger partial charge in [0.25, 0.3) is 0 Å². The van der Waals surface area contributed by atoms with Crippen molar-refractivity contribution in [2.24, 2.45) is 0 Å². The summed E-state index contributed by atoms with van der Waals surface area (Å²) in [5.41, 5.74) is 8.46. The molecule has 6 heteroatoms. The predicted octanol–water partition coefficient (Wildman–Crippen LogP) is 3.60. The van der Waals surface area contributed by atoms with Crippen LogP contribution in [0.4, 0.5) is 11.6 Å². The minimum atomic E-state index is -0.985. The molecule has 0 amide bonds. The second-order valence-corrected chi connectivity index (χ2v) is 5.65. The molecule has 1 heterocycles. The summed E-state index contributed by atoms with van der Waals surface area (Å²) in [7, 11) is 0. The van der Waals surface area contributed by atoms with Gasteiger partial charge < -0.3 is 16.2 Å². The van der Waals surface area contributed by atoms with E-state index < -0.39 is 5.97 Å². The number of nitrogens with zero attached hydrogens (tertiary/aromatic N) is 2. The number of anilines is 2. The van der Waals surface area contributed by atoms with Crippen LogP contribution in [0.1, 0.15) is 28.9 Å². The minimum absolute atomic E-state index is 0.00148. The Morgan fingerprint density at radius 1 is 1.16 bits per heavy atom. The fourth-order valence-electron chi connectivity index (χ4n) is 2.49. The van der Waals surface area contributed by atoms with Crippen molar-refractivity contribution in [3.8, 4) is 11.3 Å². The van der Waals surface area contributed by atoms with E-state index in [0.717, 1.165) is 5.56 Å². The van der Waals surface area contributed by atoms with Gasteiger partial charge in [0.2, 0.25) is 0 Å². The molecule has 0 fully saturated rings. The summed E-state index contributed by atoms with van der Waals surface area (Å²) in [6.07, 6.45) is 1.54. The topological polar surface area (TPSA) is 101 Å². The van der Waals surface area contributed by atoms with E-state index in [9.17, 15) is 4.79 Å². The number of hydrogen-bond donors (Lipinski definition) is 3.